The number of rotatable bonds is 6. The smallest absolute Gasteiger partial charge is 0.0298 e. The zero-order valence-corrected chi connectivity index (χ0v) is 8.11. The minimum absolute atomic E-state index is 0.204. The lowest BCUT2D eigenvalue weighted by Crippen LogP contribution is -2.50. The van der Waals surface area contributed by atoms with E-state index in [0.29, 0.717) is 0 Å². The molecule has 2 heteroatoms. The highest BCUT2D eigenvalue weighted by Crippen LogP contribution is 2.12. The Morgan fingerprint density at radius 3 is 2.00 bits per heavy atom. The molecule has 0 unspecified atom stereocenters. The average molecular weight is 158 g/mol. The molecule has 0 aromatic heterocycles. The van der Waals surface area contributed by atoms with Crippen molar-refractivity contribution in [3.8, 4) is 0 Å². The summed E-state index contributed by atoms with van der Waals surface area (Å²) in [6.07, 6.45) is 3.43. The summed E-state index contributed by atoms with van der Waals surface area (Å²) < 4.78 is 0. The molecule has 0 atom stereocenters. The van der Waals surface area contributed by atoms with Crippen molar-refractivity contribution in [1.82, 2.24) is 5.32 Å². The topological polar surface area (TPSA) is 38.0 Å². The first-order chi connectivity index (χ1) is 5.24. The van der Waals surface area contributed by atoms with Crippen molar-refractivity contribution in [3.05, 3.63) is 0 Å². The Bertz CT molecular complexity index is 79.3. The van der Waals surface area contributed by atoms with Crippen molar-refractivity contribution in [2.45, 2.75) is 45.6 Å². The van der Waals surface area contributed by atoms with Gasteiger partial charge in [-0.3, -0.25) is 0 Å². The van der Waals surface area contributed by atoms with Gasteiger partial charge in [-0.25, -0.2) is 0 Å². The molecule has 11 heavy (non-hydrogen) atoms. The van der Waals surface area contributed by atoms with E-state index >= 15 is 0 Å². The number of hydrogen-bond acceptors (Lipinski definition) is 2. The molecule has 0 spiro atoms. The van der Waals surface area contributed by atoms with Gasteiger partial charge in [0.2, 0.25) is 0 Å². The molecule has 0 saturated carbocycles. The van der Waals surface area contributed by atoms with Gasteiger partial charge in [0.15, 0.2) is 0 Å². The quantitative estimate of drug-likeness (QED) is 0.615. The van der Waals surface area contributed by atoms with Gasteiger partial charge in [-0.1, -0.05) is 20.8 Å². The van der Waals surface area contributed by atoms with Crippen LogP contribution in [0.5, 0.6) is 0 Å². The molecule has 68 valence electrons. The van der Waals surface area contributed by atoms with Gasteiger partial charge in [-0.15, -0.1) is 0 Å². The van der Waals surface area contributed by atoms with Crippen LogP contribution in [-0.2, 0) is 0 Å². The Labute approximate surface area is 70.5 Å². The maximum absolute atomic E-state index is 5.71. The van der Waals surface area contributed by atoms with E-state index in [1.165, 1.54) is 6.42 Å². The Morgan fingerprint density at radius 1 is 1.18 bits per heavy atom. The minimum atomic E-state index is 0.204. The first-order valence-corrected chi connectivity index (χ1v) is 4.69. The fourth-order valence-electron chi connectivity index (χ4n) is 1.25. The lowest BCUT2D eigenvalue weighted by molar-refractivity contribution is 0.311. The largest absolute Gasteiger partial charge is 0.329 e. The molecule has 0 rings (SSSR count). The zero-order chi connectivity index (χ0) is 8.74. The van der Waals surface area contributed by atoms with Gasteiger partial charge >= 0.3 is 0 Å². The summed E-state index contributed by atoms with van der Waals surface area (Å²) in [5.74, 6) is 0. The summed E-state index contributed by atoms with van der Waals surface area (Å²) in [6, 6.07) is 0. The van der Waals surface area contributed by atoms with Crippen LogP contribution in [0.25, 0.3) is 0 Å². The molecule has 0 aliphatic carbocycles. The molecule has 0 heterocycles. The summed E-state index contributed by atoms with van der Waals surface area (Å²) in [4.78, 5) is 0. The lowest BCUT2D eigenvalue weighted by atomic mass is 9.93. The van der Waals surface area contributed by atoms with Crippen LogP contribution in [0.2, 0.25) is 0 Å². The van der Waals surface area contributed by atoms with Gasteiger partial charge in [0.05, 0.1) is 0 Å². The van der Waals surface area contributed by atoms with Crippen LogP contribution in [0.3, 0.4) is 0 Å². The molecule has 0 aliphatic rings. The van der Waals surface area contributed by atoms with E-state index in [-0.39, 0.29) is 5.54 Å². The molecule has 0 amide bonds. The first-order valence-electron chi connectivity index (χ1n) is 4.69. The molecule has 0 fully saturated rings. The molecule has 0 saturated heterocycles. The number of nitrogens with one attached hydrogen (secondary N) is 1. The molecule has 0 radical (unpaired) electrons. The van der Waals surface area contributed by atoms with Crippen molar-refractivity contribution in [1.29, 1.82) is 0 Å². The SMILES string of the molecule is CCCNC(CC)(CC)CN. The van der Waals surface area contributed by atoms with E-state index in [9.17, 15) is 0 Å². The van der Waals surface area contributed by atoms with Gasteiger partial charge in [-0.05, 0) is 25.8 Å². The molecule has 0 aliphatic heterocycles. The Hall–Kier alpha value is -0.0800. The predicted octanol–water partition coefficient (Wildman–Crippen LogP) is 1.50. The van der Waals surface area contributed by atoms with Crippen LogP contribution in [0.4, 0.5) is 0 Å². The summed E-state index contributed by atoms with van der Waals surface area (Å²) in [5, 5.41) is 3.51. The van der Waals surface area contributed by atoms with Gasteiger partial charge in [-0.2, -0.15) is 0 Å². The highest BCUT2D eigenvalue weighted by atomic mass is 15.0. The Kier molecular flexibility index (Phi) is 5.51. The second-order valence-electron chi connectivity index (χ2n) is 3.12. The third-order valence-corrected chi connectivity index (χ3v) is 2.49. The lowest BCUT2D eigenvalue weighted by Gasteiger charge is -2.31. The van der Waals surface area contributed by atoms with Crippen LogP contribution in [0, 0.1) is 0 Å². The van der Waals surface area contributed by atoms with E-state index < -0.39 is 0 Å². The van der Waals surface area contributed by atoms with Crippen LogP contribution < -0.4 is 11.1 Å². The van der Waals surface area contributed by atoms with E-state index in [0.717, 1.165) is 25.9 Å². The van der Waals surface area contributed by atoms with E-state index in [1.54, 1.807) is 0 Å². The molecule has 0 aromatic carbocycles. The zero-order valence-electron chi connectivity index (χ0n) is 8.11. The van der Waals surface area contributed by atoms with Crippen molar-refractivity contribution in [3.63, 3.8) is 0 Å². The second-order valence-corrected chi connectivity index (χ2v) is 3.12. The van der Waals surface area contributed by atoms with Gasteiger partial charge in [0.1, 0.15) is 0 Å². The molecular formula is C9H22N2. The fraction of sp³-hybridized carbons (Fsp3) is 1.00. The van der Waals surface area contributed by atoms with E-state index in [2.05, 4.69) is 26.1 Å². The van der Waals surface area contributed by atoms with Crippen LogP contribution in [0.15, 0.2) is 0 Å². The number of nitrogens with two attached hydrogens (primary N) is 1. The third kappa shape index (κ3) is 3.21. The van der Waals surface area contributed by atoms with Crippen molar-refractivity contribution >= 4 is 0 Å². The van der Waals surface area contributed by atoms with Gasteiger partial charge < -0.3 is 11.1 Å². The maximum Gasteiger partial charge on any atom is 0.0298 e. The average Bonchev–Trinajstić information content (AvgIpc) is 2.08. The maximum atomic E-state index is 5.71. The molecule has 0 bridgehead atoms. The summed E-state index contributed by atoms with van der Waals surface area (Å²) in [7, 11) is 0. The standard InChI is InChI=1S/C9H22N2/c1-4-7-11-9(5-2,6-3)8-10/h11H,4-8,10H2,1-3H3. The molecule has 0 aromatic rings. The second kappa shape index (κ2) is 5.56. The Morgan fingerprint density at radius 2 is 1.73 bits per heavy atom. The molecular weight excluding hydrogens is 136 g/mol. The van der Waals surface area contributed by atoms with Crippen LogP contribution in [-0.4, -0.2) is 18.6 Å². The van der Waals surface area contributed by atoms with E-state index in [1.807, 2.05) is 0 Å². The van der Waals surface area contributed by atoms with Gasteiger partial charge in [0, 0.05) is 12.1 Å². The highest BCUT2D eigenvalue weighted by Gasteiger charge is 2.22. The third-order valence-electron chi connectivity index (χ3n) is 2.49. The van der Waals surface area contributed by atoms with E-state index in [4.69, 9.17) is 5.73 Å². The van der Waals surface area contributed by atoms with Crippen molar-refractivity contribution in [2.24, 2.45) is 5.73 Å². The molecule has 3 N–H and O–H groups in total. The van der Waals surface area contributed by atoms with Crippen molar-refractivity contribution < 1.29 is 0 Å². The monoisotopic (exact) mass is 158 g/mol. The summed E-state index contributed by atoms with van der Waals surface area (Å²) >= 11 is 0. The highest BCUT2D eigenvalue weighted by molar-refractivity contribution is 4.85. The summed E-state index contributed by atoms with van der Waals surface area (Å²) in [5.41, 5.74) is 5.91. The first kappa shape index (κ1) is 10.9. The Balaban J connectivity index is 3.84. The number of hydrogen-bond donors (Lipinski definition) is 2. The van der Waals surface area contributed by atoms with Crippen LogP contribution >= 0.6 is 0 Å². The van der Waals surface area contributed by atoms with Gasteiger partial charge in [0.25, 0.3) is 0 Å². The normalized spacial score (nSPS) is 12.0. The predicted molar refractivity (Wildman–Crippen MR) is 50.7 cm³/mol. The minimum Gasteiger partial charge on any atom is -0.329 e. The van der Waals surface area contributed by atoms with Crippen LogP contribution in [0.1, 0.15) is 40.0 Å². The van der Waals surface area contributed by atoms with Crippen molar-refractivity contribution in [2.75, 3.05) is 13.1 Å². The molecule has 2 nitrogen and oxygen atoms in total. The fourth-order valence-corrected chi connectivity index (χ4v) is 1.25. The summed E-state index contributed by atoms with van der Waals surface area (Å²) in [6.45, 7) is 8.40.